The van der Waals surface area contributed by atoms with Crippen LogP contribution in [0.1, 0.15) is 5.56 Å². The van der Waals surface area contributed by atoms with Gasteiger partial charge in [-0.3, -0.25) is 4.72 Å². The fourth-order valence-electron chi connectivity index (χ4n) is 1.73. The smallest absolute Gasteiger partial charge is 0.406 e. The van der Waals surface area contributed by atoms with Crippen molar-refractivity contribution < 1.29 is 26.3 Å². The Kier molecular flexibility index (Phi) is 4.90. The van der Waals surface area contributed by atoms with Gasteiger partial charge in [0.15, 0.2) is 0 Å². The first-order valence-electron chi connectivity index (χ1n) is 6.22. The molecule has 2 aromatic rings. The van der Waals surface area contributed by atoms with Gasteiger partial charge in [0, 0.05) is 4.47 Å². The molecule has 0 aliphatic heterocycles. The lowest BCUT2D eigenvalue weighted by atomic mass is 10.2. The number of benzene rings is 2. The summed E-state index contributed by atoms with van der Waals surface area (Å²) in [4.78, 5) is -0.175. The molecule has 4 nitrogen and oxygen atoms in total. The van der Waals surface area contributed by atoms with Crippen LogP contribution >= 0.6 is 15.9 Å². The topological polar surface area (TPSA) is 55.4 Å². The molecule has 0 saturated carbocycles. The van der Waals surface area contributed by atoms with Crippen LogP contribution in [0.25, 0.3) is 0 Å². The molecule has 0 radical (unpaired) electrons. The monoisotopic (exact) mass is 409 g/mol. The standard InChI is InChI=1S/C14H11BrF3NO3S/c1-9-2-3-10(15)8-13(9)19-23(20,21)12-6-4-11(5-7-12)22-14(16,17)18/h2-8,19H,1H3. The zero-order valence-electron chi connectivity index (χ0n) is 11.7. The largest absolute Gasteiger partial charge is 0.573 e. The Bertz CT molecular complexity index is 805. The molecule has 0 atom stereocenters. The Labute approximate surface area is 139 Å². The molecule has 0 fully saturated rings. The number of alkyl halides is 3. The number of hydrogen-bond acceptors (Lipinski definition) is 3. The third kappa shape index (κ3) is 4.87. The summed E-state index contributed by atoms with van der Waals surface area (Å²) in [6, 6.07) is 9.03. The minimum absolute atomic E-state index is 0.175. The average molecular weight is 410 g/mol. The van der Waals surface area contributed by atoms with Crippen molar-refractivity contribution in [2.24, 2.45) is 0 Å². The van der Waals surface area contributed by atoms with Crippen LogP contribution in [0.3, 0.4) is 0 Å². The number of rotatable bonds is 4. The highest BCUT2D eigenvalue weighted by atomic mass is 79.9. The van der Waals surface area contributed by atoms with Gasteiger partial charge in [0.2, 0.25) is 0 Å². The summed E-state index contributed by atoms with van der Waals surface area (Å²) in [5, 5.41) is 0. The molecule has 0 aliphatic rings. The van der Waals surface area contributed by atoms with Crippen LogP contribution in [0.4, 0.5) is 18.9 Å². The molecule has 0 heterocycles. The predicted molar refractivity (Wildman–Crippen MR) is 82.8 cm³/mol. The Balaban J connectivity index is 2.24. The van der Waals surface area contributed by atoms with Gasteiger partial charge in [-0.25, -0.2) is 8.42 Å². The molecule has 0 bridgehead atoms. The van der Waals surface area contributed by atoms with Gasteiger partial charge in [-0.05, 0) is 48.9 Å². The molecule has 0 spiro atoms. The fraction of sp³-hybridized carbons (Fsp3) is 0.143. The zero-order valence-corrected chi connectivity index (χ0v) is 14.1. The van der Waals surface area contributed by atoms with E-state index in [-0.39, 0.29) is 4.90 Å². The van der Waals surface area contributed by atoms with Crippen LogP contribution in [0.2, 0.25) is 0 Å². The molecule has 9 heteroatoms. The molecule has 1 N–H and O–H groups in total. The molecule has 0 saturated heterocycles. The summed E-state index contributed by atoms with van der Waals surface area (Å²) in [7, 11) is -3.92. The maximum absolute atomic E-state index is 12.3. The van der Waals surface area contributed by atoms with Crippen LogP contribution in [0, 0.1) is 6.92 Å². The molecule has 124 valence electrons. The fourth-order valence-corrected chi connectivity index (χ4v) is 3.21. The van der Waals surface area contributed by atoms with Crippen LogP contribution in [0.15, 0.2) is 51.8 Å². The van der Waals surface area contributed by atoms with Crippen LogP contribution in [-0.2, 0) is 10.0 Å². The minimum atomic E-state index is -4.83. The Morgan fingerprint density at radius 3 is 2.26 bits per heavy atom. The number of sulfonamides is 1. The third-order valence-corrected chi connectivity index (χ3v) is 4.69. The number of ether oxygens (including phenoxy) is 1. The second-order valence-electron chi connectivity index (χ2n) is 4.58. The molecule has 0 aromatic heterocycles. The van der Waals surface area contributed by atoms with Crippen molar-refractivity contribution in [3.05, 3.63) is 52.5 Å². The summed E-state index contributed by atoms with van der Waals surface area (Å²) < 4.78 is 67.6. The van der Waals surface area contributed by atoms with Crippen LogP contribution < -0.4 is 9.46 Å². The summed E-state index contributed by atoms with van der Waals surface area (Å²) in [6.07, 6.45) is -4.83. The molecular weight excluding hydrogens is 399 g/mol. The summed E-state index contributed by atoms with van der Waals surface area (Å²) in [6.45, 7) is 1.73. The number of nitrogens with one attached hydrogen (secondary N) is 1. The van der Waals surface area contributed by atoms with E-state index in [0.717, 1.165) is 24.3 Å². The van der Waals surface area contributed by atoms with E-state index in [4.69, 9.17) is 0 Å². The third-order valence-electron chi connectivity index (χ3n) is 2.81. The highest BCUT2D eigenvalue weighted by Gasteiger charge is 2.31. The van der Waals surface area contributed by atoms with Gasteiger partial charge in [0.25, 0.3) is 10.0 Å². The first kappa shape index (κ1) is 17.6. The van der Waals surface area contributed by atoms with Crippen molar-refractivity contribution >= 4 is 31.6 Å². The van der Waals surface area contributed by atoms with E-state index >= 15 is 0 Å². The van der Waals surface area contributed by atoms with Gasteiger partial charge < -0.3 is 4.74 Å². The molecule has 23 heavy (non-hydrogen) atoms. The summed E-state index contributed by atoms with van der Waals surface area (Å²) >= 11 is 3.24. The number of hydrogen-bond donors (Lipinski definition) is 1. The molecule has 2 aromatic carbocycles. The number of aryl methyl sites for hydroxylation is 1. The van der Waals surface area contributed by atoms with Gasteiger partial charge >= 0.3 is 6.36 Å². The quantitative estimate of drug-likeness (QED) is 0.810. The van der Waals surface area contributed by atoms with Crippen molar-refractivity contribution in [2.75, 3.05) is 4.72 Å². The van der Waals surface area contributed by atoms with Gasteiger partial charge in [0.1, 0.15) is 5.75 Å². The summed E-state index contributed by atoms with van der Waals surface area (Å²) in [5.74, 6) is -0.491. The lowest BCUT2D eigenvalue weighted by Gasteiger charge is -2.12. The average Bonchev–Trinajstić information content (AvgIpc) is 2.41. The maximum Gasteiger partial charge on any atom is 0.573 e. The molecule has 0 amide bonds. The van der Waals surface area contributed by atoms with E-state index in [2.05, 4.69) is 25.4 Å². The zero-order chi connectivity index (χ0) is 17.3. The van der Waals surface area contributed by atoms with Crippen molar-refractivity contribution in [3.8, 4) is 5.75 Å². The van der Waals surface area contributed by atoms with Gasteiger partial charge in [-0.1, -0.05) is 22.0 Å². The van der Waals surface area contributed by atoms with Crippen LogP contribution in [0.5, 0.6) is 5.75 Å². The molecular formula is C14H11BrF3NO3S. The Hall–Kier alpha value is -1.74. The molecule has 0 aliphatic carbocycles. The first-order chi connectivity index (χ1) is 10.6. The lowest BCUT2D eigenvalue weighted by molar-refractivity contribution is -0.274. The predicted octanol–water partition coefficient (Wildman–Crippen LogP) is 4.46. The van der Waals surface area contributed by atoms with E-state index < -0.39 is 22.1 Å². The van der Waals surface area contributed by atoms with Crippen molar-refractivity contribution in [1.82, 2.24) is 0 Å². The van der Waals surface area contributed by atoms with Gasteiger partial charge in [-0.15, -0.1) is 13.2 Å². The Morgan fingerprint density at radius 2 is 1.70 bits per heavy atom. The van der Waals surface area contributed by atoms with Crippen molar-refractivity contribution in [3.63, 3.8) is 0 Å². The second-order valence-corrected chi connectivity index (χ2v) is 7.18. The van der Waals surface area contributed by atoms with E-state index in [1.165, 1.54) is 0 Å². The van der Waals surface area contributed by atoms with E-state index in [0.29, 0.717) is 15.7 Å². The van der Waals surface area contributed by atoms with Gasteiger partial charge in [-0.2, -0.15) is 0 Å². The van der Waals surface area contributed by atoms with Gasteiger partial charge in [0.05, 0.1) is 10.6 Å². The lowest BCUT2D eigenvalue weighted by Crippen LogP contribution is -2.17. The van der Waals surface area contributed by atoms with E-state index in [9.17, 15) is 21.6 Å². The SMILES string of the molecule is Cc1ccc(Br)cc1NS(=O)(=O)c1ccc(OC(F)(F)F)cc1. The van der Waals surface area contributed by atoms with E-state index in [1.807, 2.05) is 0 Å². The Morgan fingerprint density at radius 1 is 1.09 bits per heavy atom. The maximum atomic E-state index is 12.3. The molecule has 0 unspecified atom stereocenters. The van der Waals surface area contributed by atoms with E-state index in [1.54, 1.807) is 25.1 Å². The van der Waals surface area contributed by atoms with Crippen molar-refractivity contribution in [1.29, 1.82) is 0 Å². The first-order valence-corrected chi connectivity index (χ1v) is 8.49. The highest BCUT2D eigenvalue weighted by molar-refractivity contribution is 9.10. The summed E-state index contributed by atoms with van der Waals surface area (Å²) in [5.41, 5.74) is 1.07. The van der Waals surface area contributed by atoms with Crippen molar-refractivity contribution in [2.45, 2.75) is 18.2 Å². The number of anilines is 1. The highest BCUT2D eigenvalue weighted by Crippen LogP contribution is 2.26. The second kappa shape index (κ2) is 6.40. The molecule has 2 rings (SSSR count). The minimum Gasteiger partial charge on any atom is -0.406 e. The van der Waals surface area contributed by atoms with Crippen LogP contribution in [-0.4, -0.2) is 14.8 Å². The number of halogens is 4. The normalized spacial score (nSPS) is 12.0.